The molecule has 1 aliphatic rings. The normalized spacial score (nSPS) is 12.5. The Labute approximate surface area is 210 Å². The van der Waals surface area contributed by atoms with Gasteiger partial charge < -0.3 is 24.3 Å². The van der Waals surface area contributed by atoms with E-state index in [9.17, 15) is 13.2 Å². The van der Waals surface area contributed by atoms with Gasteiger partial charge in [0, 0.05) is 17.7 Å². The van der Waals surface area contributed by atoms with E-state index in [2.05, 4.69) is 5.32 Å². The van der Waals surface area contributed by atoms with Gasteiger partial charge in [0.1, 0.15) is 31.3 Å². The van der Waals surface area contributed by atoms with Gasteiger partial charge in [-0.1, -0.05) is 18.2 Å². The van der Waals surface area contributed by atoms with Crippen molar-refractivity contribution in [3.05, 3.63) is 77.9 Å². The molecule has 1 amide bonds. The summed E-state index contributed by atoms with van der Waals surface area (Å²) in [5.41, 5.74) is 1.66. The van der Waals surface area contributed by atoms with Crippen molar-refractivity contribution in [3.63, 3.8) is 0 Å². The van der Waals surface area contributed by atoms with Crippen molar-refractivity contribution in [3.8, 4) is 23.0 Å². The molecule has 1 N–H and O–H groups in total. The molecule has 1 aliphatic heterocycles. The lowest BCUT2D eigenvalue weighted by Crippen LogP contribution is -2.30. The maximum absolute atomic E-state index is 12.5. The number of hydrogen-bond acceptors (Lipinski definition) is 7. The Kier molecular flexibility index (Phi) is 7.84. The minimum Gasteiger partial charge on any atom is -0.497 e. The van der Waals surface area contributed by atoms with Crippen molar-refractivity contribution < 1.29 is 32.2 Å². The van der Waals surface area contributed by atoms with Gasteiger partial charge in [-0.05, 0) is 42.0 Å². The molecule has 0 spiro atoms. The van der Waals surface area contributed by atoms with E-state index in [4.69, 9.17) is 18.9 Å². The van der Waals surface area contributed by atoms with Crippen LogP contribution in [0, 0.1) is 0 Å². The molecular formula is C26H28N2O7S. The zero-order chi connectivity index (χ0) is 25.5. The minimum absolute atomic E-state index is 0.106. The zero-order valence-corrected chi connectivity index (χ0v) is 20.9. The molecule has 9 nitrogen and oxygen atoms in total. The summed E-state index contributed by atoms with van der Waals surface area (Å²) in [5, 5.41) is 2.81. The van der Waals surface area contributed by atoms with Crippen molar-refractivity contribution >= 4 is 21.6 Å². The summed E-state index contributed by atoms with van der Waals surface area (Å²) in [7, 11) is -1.99. The van der Waals surface area contributed by atoms with Crippen LogP contribution < -0.4 is 28.6 Å². The van der Waals surface area contributed by atoms with E-state index in [0.29, 0.717) is 60.6 Å². The number of nitrogens with one attached hydrogen (secondary N) is 1. The van der Waals surface area contributed by atoms with Crippen molar-refractivity contribution in [2.24, 2.45) is 0 Å². The van der Waals surface area contributed by atoms with Crippen molar-refractivity contribution in [2.45, 2.75) is 6.54 Å². The molecule has 0 unspecified atom stereocenters. The lowest BCUT2D eigenvalue weighted by Gasteiger charge is -2.25. The van der Waals surface area contributed by atoms with E-state index in [0.717, 1.165) is 11.8 Å². The molecular weight excluding hydrogens is 484 g/mol. The predicted octanol–water partition coefficient (Wildman–Crippen LogP) is 3.24. The molecule has 10 heteroatoms. The van der Waals surface area contributed by atoms with Gasteiger partial charge >= 0.3 is 0 Å². The van der Waals surface area contributed by atoms with Crippen LogP contribution in [0.25, 0.3) is 0 Å². The third-order valence-electron chi connectivity index (χ3n) is 5.45. The van der Waals surface area contributed by atoms with Crippen molar-refractivity contribution in [1.29, 1.82) is 0 Å². The van der Waals surface area contributed by atoms with Gasteiger partial charge in [-0.25, -0.2) is 8.42 Å². The average Bonchev–Trinajstić information content (AvgIpc) is 2.89. The van der Waals surface area contributed by atoms with E-state index in [1.807, 2.05) is 18.2 Å². The molecule has 0 bridgehead atoms. The van der Waals surface area contributed by atoms with Crippen LogP contribution in [0.1, 0.15) is 15.9 Å². The van der Waals surface area contributed by atoms with Crippen LogP contribution >= 0.6 is 0 Å². The van der Waals surface area contributed by atoms with E-state index >= 15 is 0 Å². The highest BCUT2D eigenvalue weighted by Crippen LogP contribution is 2.35. The summed E-state index contributed by atoms with van der Waals surface area (Å²) in [4.78, 5) is 12.5. The number of anilines is 1. The number of amides is 1. The number of nitrogens with zero attached hydrogens (tertiary/aromatic N) is 1. The van der Waals surface area contributed by atoms with Gasteiger partial charge in [0.2, 0.25) is 10.0 Å². The minimum atomic E-state index is -3.58. The second kappa shape index (κ2) is 11.2. The highest BCUT2D eigenvalue weighted by atomic mass is 32.2. The van der Waals surface area contributed by atoms with Crippen molar-refractivity contribution in [1.82, 2.24) is 5.32 Å². The molecule has 3 aromatic carbocycles. The van der Waals surface area contributed by atoms with Gasteiger partial charge in [0.15, 0.2) is 11.5 Å². The Morgan fingerprint density at radius 2 is 1.69 bits per heavy atom. The monoisotopic (exact) mass is 512 g/mol. The summed E-state index contributed by atoms with van der Waals surface area (Å²) in [6.07, 6.45) is 1.15. The van der Waals surface area contributed by atoms with E-state index in [1.165, 1.54) is 4.31 Å². The smallest absolute Gasteiger partial charge is 0.251 e. The Balaban J connectivity index is 1.35. The fourth-order valence-corrected chi connectivity index (χ4v) is 4.52. The summed E-state index contributed by atoms with van der Waals surface area (Å²) < 4.78 is 48.3. The van der Waals surface area contributed by atoms with E-state index in [-0.39, 0.29) is 12.5 Å². The first-order valence-electron chi connectivity index (χ1n) is 11.3. The first-order valence-corrected chi connectivity index (χ1v) is 13.2. The number of rotatable bonds is 10. The molecule has 1 heterocycles. The van der Waals surface area contributed by atoms with E-state index < -0.39 is 10.0 Å². The van der Waals surface area contributed by atoms with Crippen LogP contribution in [0.4, 0.5) is 5.69 Å². The van der Waals surface area contributed by atoms with Gasteiger partial charge in [0.05, 0.1) is 32.1 Å². The first-order chi connectivity index (χ1) is 17.3. The third-order valence-corrected chi connectivity index (χ3v) is 6.59. The van der Waals surface area contributed by atoms with Gasteiger partial charge in [0.25, 0.3) is 5.91 Å². The van der Waals surface area contributed by atoms with Gasteiger partial charge in [-0.2, -0.15) is 0 Å². The molecule has 0 atom stereocenters. The lowest BCUT2D eigenvalue weighted by atomic mass is 10.1. The number of ether oxygens (including phenoxy) is 4. The van der Waals surface area contributed by atoms with Crippen LogP contribution in [0.5, 0.6) is 23.0 Å². The van der Waals surface area contributed by atoms with E-state index in [1.54, 1.807) is 55.6 Å². The predicted molar refractivity (Wildman–Crippen MR) is 136 cm³/mol. The Hall–Kier alpha value is -3.92. The van der Waals surface area contributed by atoms with Crippen LogP contribution in [0.2, 0.25) is 0 Å². The molecule has 0 saturated carbocycles. The molecule has 0 fully saturated rings. The maximum atomic E-state index is 12.5. The van der Waals surface area contributed by atoms with Crippen LogP contribution in [0.3, 0.4) is 0 Å². The highest BCUT2D eigenvalue weighted by molar-refractivity contribution is 7.92. The topological polar surface area (TPSA) is 103 Å². The Morgan fingerprint density at radius 1 is 0.972 bits per heavy atom. The maximum Gasteiger partial charge on any atom is 0.251 e. The summed E-state index contributed by atoms with van der Waals surface area (Å²) >= 11 is 0. The highest BCUT2D eigenvalue weighted by Gasteiger charge is 2.21. The number of carbonyl (C=O) groups excluding carboxylic acids is 1. The van der Waals surface area contributed by atoms with Crippen molar-refractivity contribution in [2.75, 3.05) is 44.0 Å². The molecule has 4 rings (SSSR count). The molecule has 190 valence electrons. The van der Waals surface area contributed by atoms with Gasteiger partial charge in [-0.15, -0.1) is 0 Å². The van der Waals surface area contributed by atoms with Crippen LogP contribution in [0.15, 0.2) is 66.7 Å². The number of carbonyl (C=O) groups is 1. The molecule has 36 heavy (non-hydrogen) atoms. The first kappa shape index (κ1) is 25.2. The number of sulfonamides is 1. The van der Waals surface area contributed by atoms with Gasteiger partial charge in [-0.3, -0.25) is 9.10 Å². The fourth-order valence-electron chi connectivity index (χ4n) is 3.64. The van der Waals surface area contributed by atoms with Crippen LogP contribution in [-0.4, -0.2) is 54.1 Å². The number of hydrogen-bond donors (Lipinski definition) is 1. The molecule has 0 aliphatic carbocycles. The third kappa shape index (κ3) is 6.39. The molecule has 3 aromatic rings. The molecule has 0 aromatic heterocycles. The largest absolute Gasteiger partial charge is 0.497 e. The SMILES string of the molecule is COc1cccc(OCCNC(=O)c2ccc(CN(c3ccc4c(c3)OCCO4)S(C)(=O)=O)cc2)c1. The van der Waals surface area contributed by atoms with Crippen LogP contribution in [-0.2, 0) is 16.6 Å². The standard InChI is InChI=1S/C26H28N2O7S/c1-32-22-4-3-5-23(17-22)33-13-12-27-26(29)20-8-6-19(7-9-20)18-28(36(2,30)31)21-10-11-24-25(16-21)35-15-14-34-24/h3-11,16-17H,12-15,18H2,1-2H3,(H,27,29). The fraction of sp³-hybridized carbons (Fsp3) is 0.269. The Morgan fingerprint density at radius 3 is 2.42 bits per heavy atom. The summed E-state index contributed by atoms with van der Waals surface area (Å²) in [6, 6.07) is 19.1. The second-order valence-corrected chi connectivity index (χ2v) is 9.98. The Bertz CT molecular complexity index is 1310. The molecule has 0 saturated heterocycles. The summed E-state index contributed by atoms with van der Waals surface area (Å²) in [6.45, 7) is 1.59. The quantitative estimate of drug-likeness (QED) is 0.416. The molecule has 0 radical (unpaired) electrons. The lowest BCUT2D eigenvalue weighted by molar-refractivity contribution is 0.0947. The average molecular weight is 513 g/mol. The number of fused-ring (bicyclic) bond motifs is 1. The summed E-state index contributed by atoms with van der Waals surface area (Å²) in [5.74, 6) is 2.20. The second-order valence-electron chi connectivity index (χ2n) is 8.08. The zero-order valence-electron chi connectivity index (χ0n) is 20.1. The number of benzene rings is 3. The number of methoxy groups -OCH3 is 1.